The van der Waals surface area contributed by atoms with Gasteiger partial charge in [-0.15, -0.1) is 11.3 Å². The lowest BCUT2D eigenvalue weighted by atomic mass is 10.1. The number of carboxylic acids is 1. The van der Waals surface area contributed by atoms with E-state index in [0.29, 0.717) is 11.3 Å². The number of carboxylic acid groups (broad SMARTS) is 1. The van der Waals surface area contributed by atoms with Crippen LogP contribution in [0.5, 0.6) is 0 Å². The third kappa shape index (κ3) is 1.86. The van der Waals surface area contributed by atoms with Crippen molar-refractivity contribution < 1.29 is 9.90 Å². The fourth-order valence-corrected chi connectivity index (χ4v) is 2.71. The monoisotopic (exact) mass is 224 g/mol. The van der Waals surface area contributed by atoms with E-state index in [4.69, 9.17) is 5.11 Å². The lowest BCUT2D eigenvalue weighted by molar-refractivity contribution is 0.0701. The molecule has 0 aliphatic heterocycles. The van der Waals surface area contributed by atoms with Gasteiger partial charge in [0.15, 0.2) is 0 Å². The zero-order valence-electron chi connectivity index (χ0n) is 7.27. The first-order valence-electron chi connectivity index (χ1n) is 4.08. The summed E-state index contributed by atoms with van der Waals surface area (Å²) >= 11 is 2.92. The molecule has 0 atom stereocenters. The number of hydrogen-bond donors (Lipinski definition) is 1. The molecule has 0 saturated carbocycles. The molecule has 72 valence electrons. The third-order valence-corrected chi connectivity index (χ3v) is 3.59. The Kier molecular flexibility index (Phi) is 2.65. The van der Waals surface area contributed by atoms with Gasteiger partial charge in [0.25, 0.3) is 0 Å². The van der Waals surface area contributed by atoms with Crippen molar-refractivity contribution in [1.29, 1.82) is 0 Å². The summed E-state index contributed by atoms with van der Waals surface area (Å²) in [5, 5.41) is 14.8. The van der Waals surface area contributed by atoms with Gasteiger partial charge < -0.3 is 5.11 Å². The van der Waals surface area contributed by atoms with Gasteiger partial charge >= 0.3 is 5.97 Å². The largest absolute Gasteiger partial charge is 0.477 e. The minimum absolute atomic E-state index is 0.455. The highest BCUT2D eigenvalue weighted by Gasteiger charge is 2.11. The highest BCUT2D eigenvalue weighted by atomic mass is 32.1. The summed E-state index contributed by atoms with van der Waals surface area (Å²) < 4.78 is 0. The van der Waals surface area contributed by atoms with Crippen molar-refractivity contribution in [2.75, 3.05) is 0 Å². The maximum absolute atomic E-state index is 10.8. The fraction of sp³-hybridized carbons (Fsp3) is 0.100. The molecule has 2 aromatic rings. The van der Waals surface area contributed by atoms with Gasteiger partial charge in [-0.1, -0.05) is 0 Å². The molecule has 14 heavy (non-hydrogen) atoms. The van der Waals surface area contributed by atoms with E-state index in [2.05, 4.69) is 0 Å². The van der Waals surface area contributed by atoms with E-state index in [9.17, 15) is 4.79 Å². The van der Waals surface area contributed by atoms with E-state index in [0.717, 1.165) is 5.56 Å². The van der Waals surface area contributed by atoms with Crippen molar-refractivity contribution in [2.24, 2.45) is 0 Å². The molecule has 0 aromatic carbocycles. The molecule has 0 saturated heterocycles. The van der Waals surface area contributed by atoms with Gasteiger partial charge in [-0.2, -0.15) is 11.3 Å². The first-order valence-corrected chi connectivity index (χ1v) is 5.90. The number of hydrogen-bond acceptors (Lipinski definition) is 3. The SMILES string of the molecule is O=C(O)c1sccc1Cc1ccsc1. The van der Waals surface area contributed by atoms with Gasteiger partial charge in [0.05, 0.1) is 0 Å². The van der Waals surface area contributed by atoms with E-state index >= 15 is 0 Å². The zero-order chi connectivity index (χ0) is 9.97. The van der Waals surface area contributed by atoms with Gasteiger partial charge in [0.1, 0.15) is 4.88 Å². The first-order chi connectivity index (χ1) is 6.77. The van der Waals surface area contributed by atoms with Crippen LogP contribution in [-0.4, -0.2) is 11.1 Å². The maximum Gasteiger partial charge on any atom is 0.346 e. The molecule has 0 radical (unpaired) electrons. The minimum Gasteiger partial charge on any atom is -0.477 e. The molecule has 0 spiro atoms. The third-order valence-electron chi connectivity index (χ3n) is 1.92. The van der Waals surface area contributed by atoms with E-state index in [1.165, 1.54) is 16.9 Å². The Morgan fingerprint density at radius 2 is 2.21 bits per heavy atom. The predicted octanol–water partition coefficient (Wildman–Crippen LogP) is 3.10. The van der Waals surface area contributed by atoms with Crippen molar-refractivity contribution in [3.63, 3.8) is 0 Å². The van der Waals surface area contributed by atoms with Crippen LogP contribution in [0.2, 0.25) is 0 Å². The van der Waals surface area contributed by atoms with E-state index in [-0.39, 0.29) is 0 Å². The average molecular weight is 224 g/mol. The van der Waals surface area contributed by atoms with Crippen LogP contribution in [0.4, 0.5) is 0 Å². The summed E-state index contributed by atoms with van der Waals surface area (Å²) in [6.07, 6.45) is 0.717. The van der Waals surface area contributed by atoms with Gasteiger partial charge in [-0.05, 0) is 45.8 Å². The fourth-order valence-electron chi connectivity index (χ4n) is 1.28. The Morgan fingerprint density at radius 3 is 2.86 bits per heavy atom. The quantitative estimate of drug-likeness (QED) is 0.869. The van der Waals surface area contributed by atoms with Crippen LogP contribution in [0, 0.1) is 0 Å². The van der Waals surface area contributed by atoms with Crippen LogP contribution in [0.25, 0.3) is 0 Å². The van der Waals surface area contributed by atoms with Crippen molar-refractivity contribution in [1.82, 2.24) is 0 Å². The van der Waals surface area contributed by atoms with E-state index in [1.807, 2.05) is 28.3 Å². The standard InChI is InChI=1S/C10H8O2S2/c11-10(12)9-8(2-4-14-9)5-7-1-3-13-6-7/h1-4,6H,5H2,(H,11,12). The van der Waals surface area contributed by atoms with Crippen LogP contribution in [0.3, 0.4) is 0 Å². The van der Waals surface area contributed by atoms with Crippen LogP contribution in [0.1, 0.15) is 20.8 Å². The average Bonchev–Trinajstić information content (AvgIpc) is 2.75. The Bertz CT molecular complexity index is 429. The normalized spacial score (nSPS) is 10.3. The molecule has 1 N–H and O–H groups in total. The van der Waals surface area contributed by atoms with Gasteiger partial charge in [-0.3, -0.25) is 0 Å². The van der Waals surface area contributed by atoms with Crippen molar-refractivity contribution in [3.8, 4) is 0 Å². The number of thiophene rings is 2. The number of aromatic carboxylic acids is 1. The Morgan fingerprint density at radius 1 is 1.36 bits per heavy atom. The highest BCUT2D eigenvalue weighted by Crippen LogP contribution is 2.21. The number of rotatable bonds is 3. The molecule has 0 bridgehead atoms. The van der Waals surface area contributed by atoms with Gasteiger partial charge in [-0.25, -0.2) is 4.79 Å². The first kappa shape index (κ1) is 9.43. The summed E-state index contributed by atoms with van der Waals surface area (Å²) in [5.74, 6) is -0.828. The second-order valence-corrected chi connectivity index (χ2v) is 4.58. The molecule has 0 unspecified atom stereocenters. The Balaban J connectivity index is 2.25. The minimum atomic E-state index is -0.828. The lowest BCUT2D eigenvalue weighted by Gasteiger charge is -1.96. The molecular formula is C10H8O2S2. The summed E-state index contributed by atoms with van der Waals surface area (Å²) in [7, 11) is 0. The molecule has 0 amide bonds. The lowest BCUT2D eigenvalue weighted by Crippen LogP contribution is -1.97. The molecule has 0 aliphatic carbocycles. The van der Waals surface area contributed by atoms with E-state index in [1.54, 1.807) is 11.3 Å². The molecule has 0 aliphatic rings. The summed E-state index contributed by atoms with van der Waals surface area (Å²) in [4.78, 5) is 11.3. The summed E-state index contributed by atoms with van der Waals surface area (Å²) in [6, 6.07) is 3.90. The molecule has 2 heterocycles. The predicted molar refractivity (Wildman–Crippen MR) is 58.4 cm³/mol. The number of carbonyl (C=O) groups is 1. The van der Waals surface area contributed by atoms with Crippen LogP contribution in [0.15, 0.2) is 28.3 Å². The van der Waals surface area contributed by atoms with Crippen molar-refractivity contribution in [2.45, 2.75) is 6.42 Å². The summed E-state index contributed by atoms with van der Waals surface area (Å²) in [6.45, 7) is 0. The molecule has 4 heteroatoms. The second kappa shape index (κ2) is 3.94. The maximum atomic E-state index is 10.8. The molecule has 2 aromatic heterocycles. The smallest absolute Gasteiger partial charge is 0.346 e. The van der Waals surface area contributed by atoms with Crippen molar-refractivity contribution >= 4 is 28.6 Å². The topological polar surface area (TPSA) is 37.3 Å². The van der Waals surface area contributed by atoms with E-state index < -0.39 is 5.97 Å². The molecule has 2 rings (SSSR count). The Labute approximate surface area is 89.5 Å². The van der Waals surface area contributed by atoms with Gasteiger partial charge in [0.2, 0.25) is 0 Å². The second-order valence-electron chi connectivity index (χ2n) is 2.89. The van der Waals surface area contributed by atoms with Crippen molar-refractivity contribution in [3.05, 3.63) is 44.3 Å². The van der Waals surface area contributed by atoms with Gasteiger partial charge in [0, 0.05) is 0 Å². The van der Waals surface area contributed by atoms with Crippen LogP contribution >= 0.6 is 22.7 Å². The molecular weight excluding hydrogens is 216 g/mol. The van der Waals surface area contributed by atoms with Crippen LogP contribution in [-0.2, 0) is 6.42 Å². The highest BCUT2D eigenvalue weighted by molar-refractivity contribution is 7.12. The zero-order valence-corrected chi connectivity index (χ0v) is 8.90. The van der Waals surface area contributed by atoms with Crippen LogP contribution < -0.4 is 0 Å². The molecule has 0 fully saturated rings. The summed E-state index contributed by atoms with van der Waals surface area (Å²) in [5.41, 5.74) is 2.08. The molecule has 2 nitrogen and oxygen atoms in total. The Hall–Kier alpha value is -1.13.